The second-order valence-corrected chi connectivity index (χ2v) is 8.98. The average Bonchev–Trinajstić information content (AvgIpc) is 3.16. The first kappa shape index (κ1) is 22.7. The highest BCUT2D eigenvalue weighted by Crippen LogP contribution is 2.39. The number of halogens is 1. The third-order valence-corrected chi connectivity index (χ3v) is 6.33. The van der Waals surface area contributed by atoms with Gasteiger partial charge in [0.2, 0.25) is 0 Å². The lowest BCUT2D eigenvalue weighted by Gasteiger charge is -2.24. The fraction of sp³-hybridized carbons (Fsp3) is 0.400. The molecule has 0 aliphatic carbocycles. The van der Waals surface area contributed by atoms with Crippen molar-refractivity contribution in [3.8, 4) is 22.6 Å². The van der Waals surface area contributed by atoms with Gasteiger partial charge in [0.05, 0.1) is 12.6 Å². The molecule has 0 bridgehead atoms. The first-order valence-corrected chi connectivity index (χ1v) is 11.8. The normalized spacial score (nSPS) is 18.1. The molecule has 0 saturated carbocycles. The number of carbonyl (C=O) groups is 1. The molecule has 0 unspecified atom stereocenters. The molecule has 1 atom stereocenters. The Kier molecular flexibility index (Phi) is 6.69. The molecule has 2 aliphatic heterocycles. The predicted molar refractivity (Wildman–Crippen MR) is 125 cm³/mol. The van der Waals surface area contributed by atoms with E-state index in [1.165, 1.54) is 0 Å². The maximum absolute atomic E-state index is 13.1. The van der Waals surface area contributed by atoms with Crippen molar-refractivity contribution in [1.82, 2.24) is 15.2 Å². The largest absolute Gasteiger partial charge is 0.487 e. The lowest BCUT2D eigenvalue weighted by molar-refractivity contribution is -0.0115. The van der Waals surface area contributed by atoms with Crippen LogP contribution in [0.4, 0.5) is 0 Å². The molecule has 1 aromatic heterocycles. The molecule has 1 saturated heterocycles. The summed E-state index contributed by atoms with van der Waals surface area (Å²) in [6.07, 6.45) is 3.26. The van der Waals surface area contributed by atoms with Crippen LogP contribution in [-0.4, -0.2) is 53.6 Å². The summed E-state index contributed by atoms with van der Waals surface area (Å²) in [6, 6.07) is 11.6. The van der Waals surface area contributed by atoms with Crippen molar-refractivity contribution < 1.29 is 23.6 Å². The van der Waals surface area contributed by atoms with Crippen LogP contribution in [0, 0.1) is 6.92 Å². The monoisotopic (exact) mass is 483 g/mol. The number of aromatic nitrogens is 2. The minimum atomic E-state index is -0.249. The van der Waals surface area contributed by atoms with Crippen molar-refractivity contribution >= 4 is 17.5 Å². The zero-order chi connectivity index (χ0) is 23.5. The van der Waals surface area contributed by atoms with Gasteiger partial charge in [-0.25, -0.2) is 4.63 Å². The van der Waals surface area contributed by atoms with Crippen molar-refractivity contribution in [2.24, 2.45) is 0 Å². The first-order chi connectivity index (χ1) is 16.6. The van der Waals surface area contributed by atoms with Gasteiger partial charge in [-0.3, -0.25) is 4.79 Å². The number of rotatable bonds is 5. The highest BCUT2D eigenvalue weighted by atomic mass is 35.5. The van der Waals surface area contributed by atoms with E-state index in [-0.39, 0.29) is 17.7 Å². The molecule has 34 heavy (non-hydrogen) atoms. The van der Waals surface area contributed by atoms with E-state index >= 15 is 0 Å². The van der Waals surface area contributed by atoms with Gasteiger partial charge in [0.25, 0.3) is 5.91 Å². The van der Waals surface area contributed by atoms with E-state index < -0.39 is 0 Å². The van der Waals surface area contributed by atoms with Gasteiger partial charge in [0.1, 0.15) is 18.9 Å². The summed E-state index contributed by atoms with van der Waals surface area (Å²) in [5, 5.41) is 8.16. The van der Waals surface area contributed by atoms with Crippen molar-refractivity contribution in [3.63, 3.8) is 0 Å². The van der Waals surface area contributed by atoms with E-state index in [1.54, 1.807) is 11.8 Å². The SMILES string of the molecule is Cc1nonc1C(=O)N1CCOc2c(cc(-c3cccc(Cl)c3)cc2OC[C@H]2CCCCO2)C1. The van der Waals surface area contributed by atoms with Gasteiger partial charge in [-0.1, -0.05) is 28.9 Å². The molecular formula is C25H26ClN3O5. The van der Waals surface area contributed by atoms with Gasteiger partial charge >= 0.3 is 0 Å². The van der Waals surface area contributed by atoms with Crippen molar-refractivity contribution in [3.05, 3.63) is 58.4 Å². The molecule has 5 rings (SSSR count). The average molecular weight is 484 g/mol. The molecule has 8 nitrogen and oxygen atoms in total. The number of hydrogen-bond donors (Lipinski definition) is 0. The Hall–Kier alpha value is -3.10. The lowest BCUT2D eigenvalue weighted by Crippen LogP contribution is -2.33. The fourth-order valence-electron chi connectivity index (χ4n) is 4.30. The predicted octanol–water partition coefficient (Wildman–Crippen LogP) is 4.68. The van der Waals surface area contributed by atoms with Crippen LogP contribution in [0.1, 0.15) is 41.0 Å². The third kappa shape index (κ3) is 4.88. The van der Waals surface area contributed by atoms with E-state index in [2.05, 4.69) is 10.3 Å². The smallest absolute Gasteiger partial charge is 0.278 e. The number of nitrogens with zero attached hydrogens (tertiary/aromatic N) is 3. The van der Waals surface area contributed by atoms with Crippen molar-refractivity contribution in [2.75, 3.05) is 26.4 Å². The summed E-state index contributed by atoms with van der Waals surface area (Å²) in [5.41, 5.74) is 3.39. The second kappa shape index (κ2) is 10.0. The van der Waals surface area contributed by atoms with Crippen LogP contribution in [0.3, 0.4) is 0 Å². The van der Waals surface area contributed by atoms with Crippen LogP contribution in [0.15, 0.2) is 41.0 Å². The van der Waals surface area contributed by atoms with E-state index in [1.807, 2.05) is 36.4 Å². The summed E-state index contributed by atoms with van der Waals surface area (Å²) in [6.45, 7) is 3.97. The number of ether oxygens (including phenoxy) is 3. The molecule has 0 N–H and O–H groups in total. The fourth-order valence-corrected chi connectivity index (χ4v) is 4.49. The van der Waals surface area contributed by atoms with E-state index in [9.17, 15) is 4.79 Å². The van der Waals surface area contributed by atoms with Crippen LogP contribution in [0.25, 0.3) is 11.1 Å². The van der Waals surface area contributed by atoms with Crippen LogP contribution in [-0.2, 0) is 11.3 Å². The molecule has 178 valence electrons. The molecule has 9 heteroatoms. The van der Waals surface area contributed by atoms with E-state index in [0.29, 0.717) is 48.5 Å². The molecule has 3 heterocycles. The number of carbonyl (C=O) groups excluding carboxylic acids is 1. The maximum Gasteiger partial charge on any atom is 0.278 e. The Morgan fingerprint density at radius 2 is 2.09 bits per heavy atom. The second-order valence-electron chi connectivity index (χ2n) is 8.55. The Morgan fingerprint density at radius 1 is 1.18 bits per heavy atom. The zero-order valence-corrected chi connectivity index (χ0v) is 19.7. The summed E-state index contributed by atoms with van der Waals surface area (Å²) in [7, 11) is 0. The Bertz CT molecular complexity index is 1180. The third-order valence-electron chi connectivity index (χ3n) is 6.10. The molecule has 1 fully saturated rings. The highest BCUT2D eigenvalue weighted by Gasteiger charge is 2.28. The van der Waals surface area contributed by atoms with Crippen LogP contribution in [0.2, 0.25) is 5.02 Å². The molecule has 2 aromatic carbocycles. The lowest BCUT2D eigenvalue weighted by atomic mass is 10.0. The number of aryl methyl sites for hydroxylation is 1. The summed E-state index contributed by atoms with van der Waals surface area (Å²) in [5.74, 6) is 1.03. The van der Waals surface area contributed by atoms with Gasteiger partial charge in [0.15, 0.2) is 17.2 Å². The van der Waals surface area contributed by atoms with Gasteiger partial charge in [-0.15, -0.1) is 0 Å². The number of amides is 1. The minimum absolute atomic E-state index is 0.0609. The van der Waals surface area contributed by atoms with Gasteiger partial charge in [-0.05, 0) is 66.7 Å². The van der Waals surface area contributed by atoms with Gasteiger partial charge in [0, 0.05) is 23.7 Å². The topological polar surface area (TPSA) is 86.9 Å². The Labute approximate surface area is 202 Å². The minimum Gasteiger partial charge on any atom is -0.487 e. The number of benzene rings is 2. The Balaban J connectivity index is 1.48. The van der Waals surface area contributed by atoms with Crippen LogP contribution in [0.5, 0.6) is 11.5 Å². The molecule has 3 aromatic rings. The first-order valence-electron chi connectivity index (χ1n) is 11.5. The van der Waals surface area contributed by atoms with Gasteiger partial charge in [-0.2, -0.15) is 0 Å². The van der Waals surface area contributed by atoms with E-state index in [4.69, 9.17) is 30.4 Å². The Morgan fingerprint density at radius 3 is 2.85 bits per heavy atom. The van der Waals surface area contributed by atoms with Crippen molar-refractivity contribution in [2.45, 2.75) is 38.8 Å². The zero-order valence-electron chi connectivity index (χ0n) is 19.0. The standard InChI is InChI=1S/C25H26ClN3O5/c1-16-23(28-34-27-16)25(30)29-8-10-32-24-19(14-29)11-18(17-5-4-6-20(26)12-17)13-22(24)33-15-21-7-2-3-9-31-21/h4-6,11-13,21H,2-3,7-10,14-15H2,1H3/t21-/m1/s1. The summed E-state index contributed by atoms with van der Waals surface area (Å²) >= 11 is 6.26. The van der Waals surface area contributed by atoms with Crippen LogP contribution < -0.4 is 9.47 Å². The summed E-state index contributed by atoms with van der Waals surface area (Å²) in [4.78, 5) is 14.8. The molecule has 0 radical (unpaired) electrons. The maximum atomic E-state index is 13.1. The van der Waals surface area contributed by atoms with Crippen molar-refractivity contribution in [1.29, 1.82) is 0 Å². The van der Waals surface area contributed by atoms with E-state index in [0.717, 1.165) is 42.6 Å². The number of hydrogen-bond acceptors (Lipinski definition) is 7. The summed E-state index contributed by atoms with van der Waals surface area (Å²) < 4.78 is 22.9. The molecule has 2 aliphatic rings. The molecular weight excluding hydrogens is 458 g/mol. The van der Waals surface area contributed by atoms with Gasteiger partial charge < -0.3 is 19.1 Å². The van der Waals surface area contributed by atoms with Crippen LogP contribution >= 0.6 is 11.6 Å². The highest BCUT2D eigenvalue weighted by molar-refractivity contribution is 6.30. The number of fused-ring (bicyclic) bond motifs is 1. The molecule has 0 spiro atoms. The molecule has 1 amide bonds. The quantitative estimate of drug-likeness (QED) is 0.520.